The molecule has 0 spiro atoms. The molecule has 26 heavy (non-hydrogen) atoms. The van der Waals surface area contributed by atoms with Crippen LogP contribution in [0.4, 0.5) is 5.69 Å². The van der Waals surface area contributed by atoms with Crippen molar-refractivity contribution in [2.45, 2.75) is 32.7 Å². The van der Waals surface area contributed by atoms with Crippen LogP contribution in [0.2, 0.25) is 0 Å². The van der Waals surface area contributed by atoms with Gasteiger partial charge in [0.15, 0.2) is 6.61 Å². The number of para-hydroxylation sites is 1. The van der Waals surface area contributed by atoms with E-state index < -0.39 is 5.97 Å². The van der Waals surface area contributed by atoms with Crippen molar-refractivity contribution >= 4 is 17.6 Å². The average molecular weight is 353 g/mol. The molecule has 0 radical (unpaired) electrons. The summed E-state index contributed by atoms with van der Waals surface area (Å²) in [5.74, 6) is -0.00789. The molecular formula is C21H23NO4. The van der Waals surface area contributed by atoms with Crippen LogP contribution in [0.5, 0.6) is 5.75 Å². The zero-order valence-corrected chi connectivity index (χ0v) is 15.3. The van der Waals surface area contributed by atoms with Gasteiger partial charge in [0.1, 0.15) is 5.75 Å². The number of anilines is 1. The summed E-state index contributed by atoms with van der Waals surface area (Å²) in [5.41, 5.74) is 3.40. The van der Waals surface area contributed by atoms with Gasteiger partial charge in [-0.15, -0.1) is 0 Å². The van der Waals surface area contributed by atoms with Crippen LogP contribution in [0.25, 0.3) is 0 Å². The molecule has 0 fully saturated rings. The second-order valence-electron chi connectivity index (χ2n) is 6.54. The fourth-order valence-corrected chi connectivity index (χ4v) is 3.28. The highest BCUT2D eigenvalue weighted by atomic mass is 16.5. The van der Waals surface area contributed by atoms with Gasteiger partial charge in [-0.2, -0.15) is 0 Å². The number of rotatable bonds is 4. The molecule has 0 aromatic heterocycles. The zero-order chi connectivity index (χ0) is 18.7. The Morgan fingerprint density at radius 2 is 1.96 bits per heavy atom. The topological polar surface area (TPSA) is 55.8 Å². The third kappa shape index (κ3) is 3.57. The minimum absolute atomic E-state index is 0.0792. The maximum absolute atomic E-state index is 12.8. The SMILES string of the molecule is COC(=O)c1ccc(C)c(OCC(=O)N2c3ccccc3CC[C@@H]2C)c1. The highest BCUT2D eigenvalue weighted by Crippen LogP contribution is 2.30. The van der Waals surface area contributed by atoms with E-state index in [0.29, 0.717) is 11.3 Å². The standard InChI is InChI=1S/C21H23NO4/c1-14-8-10-17(21(24)25-3)12-19(14)26-13-20(23)22-15(2)9-11-16-6-4-5-7-18(16)22/h4-8,10,12,15H,9,11,13H2,1-3H3/t15-/m0/s1. The molecule has 0 saturated heterocycles. The summed E-state index contributed by atoms with van der Waals surface area (Å²) in [4.78, 5) is 26.3. The van der Waals surface area contributed by atoms with Crippen molar-refractivity contribution in [3.05, 3.63) is 59.2 Å². The largest absolute Gasteiger partial charge is 0.483 e. The second-order valence-corrected chi connectivity index (χ2v) is 6.54. The summed E-state index contributed by atoms with van der Waals surface area (Å²) in [7, 11) is 1.33. The number of amides is 1. The van der Waals surface area contributed by atoms with Crippen LogP contribution in [0.15, 0.2) is 42.5 Å². The zero-order valence-electron chi connectivity index (χ0n) is 15.3. The van der Waals surface area contributed by atoms with Gasteiger partial charge >= 0.3 is 5.97 Å². The van der Waals surface area contributed by atoms with Crippen molar-refractivity contribution in [1.29, 1.82) is 0 Å². The third-order valence-electron chi connectivity index (χ3n) is 4.75. The number of aryl methyl sites for hydroxylation is 2. The first-order valence-electron chi connectivity index (χ1n) is 8.73. The number of esters is 1. The van der Waals surface area contributed by atoms with Gasteiger partial charge in [0.05, 0.1) is 12.7 Å². The van der Waals surface area contributed by atoms with Gasteiger partial charge in [-0.3, -0.25) is 4.79 Å². The van der Waals surface area contributed by atoms with Crippen LogP contribution in [0.1, 0.15) is 34.8 Å². The van der Waals surface area contributed by atoms with E-state index in [0.717, 1.165) is 24.1 Å². The molecular weight excluding hydrogens is 330 g/mol. The Hall–Kier alpha value is -2.82. The molecule has 1 amide bonds. The Balaban J connectivity index is 1.76. The van der Waals surface area contributed by atoms with Gasteiger partial charge in [-0.25, -0.2) is 4.79 Å². The fraction of sp³-hybridized carbons (Fsp3) is 0.333. The first-order valence-corrected chi connectivity index (χ1v) is 8.73. The molecule has 5 heteroatoms. The quantitative estimate of drug-likeness (QED) is 0.789. The van der Waals surface area contributed by atoms with E-state index in [9.17, 15) is 9.59 Å². The molecule has 2 aromatic rings. The fourth-order valence-electron chi connectivity index (χ4n) is 3.28. The number of ether oxygens (including phenoxy) is 2. The molecule has 3 rings (SSSR count). The second kappa shape index (κ2) is 7.60. The van der Waals surface area contributed by atoms with E-state index in [2.05, 4.69) is 13.0 Å². The molecule has 2 aromatic carbocycles. The number of carbonyl (C=O) groups excluding carboxylic acids is 2. The maximum atomic E-state index is 12.8. The van der Waals surface area contributed by atoms with Crippen molar-refractivity contribution in [2.24, 2.45) is 0 Å². The van der Waals surface area contributed by atoms with E-state index in [1.54, 1.807) is 18.2 Å². The van der Waals surface area contributed by atoms with Gasteiger partial charge in [-0.05, 0) is 56.0 Å². The summed E-state index contributed by atoms with van der Waals surface area (Å²) in [6, 6.07) is 13.2. The number of hydrogen-bond donors (Lipinski definition) is 0. The van der Waals surface area contributed by atoms with Crippen LogP contribution in [0.3, 0.4) is 0 Å². The first kappa shape index (κ1) is 18.0. The van der Waals surface area contributed by atoms with E-state index in [1.807, 2.05) is 30.0 Å². The Morgan fingerprint density at radius 1 is 1.19 bits per heavy atom. The van der Waals surface area contributed by atoms with Crippen molar-refractivity contribution in [3.63, 3.8) is 0 Å². The molecule has 136 valence electrons. The molecule has 0 aliphatic carbocycles. The lowest BCUT2D eigenvalue weighted by Gasteiger charge is -2.35. The predicted octanol–water partition coefficient (Wildman–Crippen LogP) is 3.53. The average Bonchev–Trinajstić information content (AvgIpc) is 2.66. The molecule has 0 N–H and O–H groups in total. The summed E-state index contributed by atoms with van der Waals surface area (Å²) in [6.07, 6.45) is 1.90. The lowest BCUT2D eigenvalue weighted by Crippen LogP contribution is -2.44. The van der Waals surface area contributed by atoms with Gasteiger partial charge in [0.2, 0.25) is 0 Å². The first-order chi connectivity index (χ1) is 12.5. The molecule has 1 aliphatic rings. The van der Waals surface area contributed by atoms with E-state index in [4.69, 9.17) is 9.47 Å². The Kier molecular flexibility index (Phi) is 5.26. The van der Waals surface area contributed by atoms with Gasteiger partial charge < -0.3 is 14.4 Å². The van der Waals surface area contributed by atoms with Crippen LogP contribution >= 0.6 is 0 Å². The lowest BCUT2D eigenvalue weighted by molar-refractivity contribution is -0.121. The minimum atomic E-state index is -0.431. The molecule has 0 unspecified atom stereocenters. The van der Waals surface area contributed by atoms with Crippen LogP contribution in [-0.2, 0) is 16.0 Å². The minimum Gasteiger partial charge on any atom is -0.483 e. The van der Waals surface area contributed by atoms with Crippen LogP contribution in [0, 0.1) is 6.92 Å². The Bertz CT molecular complexity index is 831. The smallest absolute Gasteiger partial charge is 0.337 e. The maximum Gasteiger partial charge on any atom is 0.337 e. The molecule has 1 aliphatic heterocycles. The van der Waals surface area contributed by atoms with Crippen molar-refractivity contribution in [3.8, 4) is 5.75 Å². The molecule has 5 nitrogen and oxygen atoms in total. The Morgan fingerprint density at radius 3 is 2.73 bits per heavy atom. The normalized spacial score (nSPS) is 16.0. The van der Waals surface area contributed by atoms with Crippen molar-refractivity contribution < 1.29 is 19.1 Å². The molecule has 1 atom stereocenters. The van der Waals surface area contributed by atoms with E-state index in [1.165, 1.54) is 12.7 Å². The van der Waals surface area contributed by atoms with Crippen molar-refractivity contribution in [2.75, 3.05) is 18.6 Å². The van der Waals surface area contributed by atoms with Crippen molar-refractivity contribution in [1.82, 2.24) is 0 Å². The van der Waals surface area contributed by atoms with Crippen LogP contribution < -0.4 is 9.64 Å². The number of hydrogen-bond acceptors (Lipinski definition) is 4. The van der Waals surface area contributed by atoms with Gasteiger partial charge in [0, 0.05) is 11.7 Å². The Labute approximate surface area is 153 Å². The predicted molar refractivity (Wildman–Crippen MR) is 99.7 cm³/mol. The summed E-state index contributed by atoms with van der Waals surface area (Å²) >= 11 is 0. The highest BCUT2D eigenvalue weighted by molar-refractivity contribution is 5.96. The van der Waals surface area contributed by atoms with Gasteiger partial charge in [0.25, 0.3) is 5.91 Å². The molecule has 0 bridgehead atoms. The lowest BCUT2D eigenvalue weighted by atomic mass is 9.96. The third-order valence-corrected chi connectivity index (χ3v) is 4.75. The number of benzene rings is 2. The van der Waals surface area contributed by atoms with Gasteiger partial charge in [-0.1, -0.05) is 24.3 Å². The summed E-state index contributed by atoms with van der Waals surface area (Å²) < 4.78 is 10.5. The van der Waals surface area contributed by atoms with Crippen LogP contribution in [-0.4, -0.2) is 31.6 Å². The van der Waals surface area contributed by atoms with E-state index >= 15 is 0 Å². The summed E-state index contributed by atoms with van der Waals surface area (Å²) in [6.45, 7) is 3.85. The number of carbonyl (C=O) groups is 2. The monoisotopic (exact) mass is 353 g/mol. The highest BCUT2D eigenvalue weighted by Gasteiger charge is 2.28. The molecule has 1 heterocycles. The molecule has 0 saturated carbocycles. The number of nitrogens with zero attached hydrogens (tertiary/aromatic N) is 1. The number of methoxy groups -OCH3 is 1. The van der Waals surface area contributed by atoms with E-state index in [-0.39, 0.29) is 18.6 Å². The number of fused-ring (bicyclic) bond motifs is 1. The summed E-state index contributed by atoms with van der Waals surface area (Å²) in [5, 5.41) is 0.